The van der Waals surface area contributed by atoms with Gasteiger partial charge >= 0.3 is 12.3 Å². The van der Waals surface area contributed by atoms with Crippen molar-refractivity contribution in [2.45, 2.75) is 51.4 Å². The van der Waals surface area contributed by atoms with Gasteiger partial charge in [-0.05, 0) is 51.5 Å². The Balaban J connectivity index is 1.58. The van der Waals surface area contributed by atoms with Gasteiger partial charge < -0.3 is 15.0 Å². The zero-order valence-electron chi connectivity index (χ0n) is 15.3. The molecule has 27 heavy (non-hydrogen) atoms. The fraction of sp³-hybridized carbons (Fsp3) is 0.706. The highest BCUT2D eigenvalue weighted by atomic mass is 35.5. The maximum absolute atomic E-state index is 12.9. The third-order valence-corrected chi connectivity index (χ3v) is 5.09. The topological polar surface area (TPSA) is 67.3 Å². The van der Waals surface area contributed by atoms with Gasteiger partial charge in [0.05, 0.1) is 5.56 Å². The van der Waals surface area contributed by atoms with Gasteiger partial charge in [-0.2, -0.15) is 13.2 Å². The average molecular weight is 407 g/mol. The Bertz CT molecular complexity index is 709. The van der Waals surface area contributed by atoms with Gasteiger partial charge in [0, 0.05) is 19.1 Å². The summed E-state index contributed by atoms with van der Waals surface area (Å²) in [4.78, 5) is 13.9. The van der Waals surface area contributed by atoms with Gasteiger partial charge in [-0.15, -0.1) is 10.2 Å². The molecule has 1 aromatic rings. The van der Waals surface area contributed by atoms with E-state index in [1.165, 1.54) is 0 Å². The lowest BCUT2D eigenvalue weighted by molar-refractivity contribution is -0.137. The third kappa shape index (κ3) is 4.75. The van der Waals surface area contributed by atoms with Crippen LogP contribution < -0.4 is 5.32 Å². The molecular weight excluding hydrogens is 385 g/mol. The highest BCUT2D eigenvalue weighted by Gasteiger charge is 2.43. The Labute approximate surface area is 160 Å². The second kappa shape index (κ2) is 7.00. The minimum Gasteiger partial charge on any atom is -0.444 e. The van der Waals surface area contributed by atoms with E-state index in [2.05, 4.69) is 15.5 Å². The SMILES string of the molecule is CC(C)(C)OC(=O)N1C[C@H]2C[C@H](Nc3cc(C(F)(F)F)c(Cl)nn3)C[C@H]2C1. The van der Waals surface area contributed by atoms with Gasteiger partial charge in [-0.1, -0.05) is 11.6 Å². The second-order valence-corrected chi connectivity index (χ2v) is 8.51. The van der Waals surface area contributed by atoms with Gasteiger partial charge in [0.25, 0.3) is 0 Å². The number of nitrogens with one attached hydrogen (secondary N) is 1. The largest absolute Gasteiger partial charge is 0.444 e. The van der Waals surface area contributed by atoms with Crippen molar-refractivity contribution in [3.63, 3.8) is 0 Å². The molecule has 1 saturated heterocycles. The highest BCUT2D eigenvalue weighted by Crippen LogP contribution is 2.40. The molecule has 6 nitrogen and oxygen atoms in total. The van der Waals surface area contributed by atoms with Crippen molar-refractivity contribution in [2.75, 3.05) is 18.4 Å². The second-order valence-electron chi connectivity index (χ2n) is 8.15. The summed E-state index contributed by atoms with van der Waals surface area (Å²) in [7, 11) is 0. The Kier molecular flexibility index (Phi) is 5.18. The molecular formula is C17H22ClF3N4O2. The van der Waals surface area contributed by atoms with Crippen molar-refractivity contribution in [3.05, 3.63) is 16.8 Å². The smallest absolute Gasteiger partial charge is 0.419 e. The average Bonchev–Trinajstić information content (AvgIpc) is 3.04. The van der Waals surface area contributed by atoms with E-state index in [1.54, 1.807) is 4.90 Å². The van der Waals surface area contributed by atoms with E-state index in [0.29, 0.717) is 13.1 Å². The van der Waals surface area contributed by atoms with Crippen LogP contribution in [0.15, 0.2) is 6.07 Å². The lowest BCUT2D eigenvalue weighted by Gasteiger charge is -2.25. The molecule has 1 aromatic heterocycles. The van der Waals surface area contributed by atoms with Crippen molar-refractivity contribution in [1.82, 2.24) is 15.1 Å². The summed E-state index contributed by atoms with van der Waals surface area (Å²) in [6, 6.07) is 0.869. The van der Waals surface area contributed by atoms with Crippen LogP contribution in [0.1, 0.15) is 39.2 Å². The summed E-state index contributed by atoms with van der Waals surface area (Å²) in [5, 5.41) is 9.47. The van der Waals surface area contributed by atoms with Gasteiger partial charge in [-0.25, -0.2) is 4.79 Å². The molecule has 0 spiro atoms. The lowest BCUT2D eigenvalue weighted by atomic mass is 10.0. The first-order chi connectivity index (χ1) is 12.4. The molecule has 1 amide bonds. The lowest BCUT2D eigenvalue weighted by Crippen LogP contribution is -2.36. The summed E-state index contributed by atoms with van der Waals surface area (Å²) in [5.74, 6) is 0.635. The standard InChI is InChI=1S/C17H22ClF3N4O2/c1-16(2,3)27-15(26)25-7-9-4-11(5-10(9)8-25)22-13-6-12(17(19,20)21)14(18)24-23-13/h6,9-11H,4-5,7-8H2,1-3H3,(H,22,23)/t9-,10+,11+. The highest BCUT2D eigenvalue weighted by molar-refractivity contribution is 6.30. The van der Waals surface area contributed by atoms with E-state index in [9.17, 15) is 18.0 Å². The molecule has 1 N–H and O–H groups in total. The van der Waals surface area contributed by atoms with Crippen molar-refractivity contribution < 1.29 is 22.7 Å². The van der Waals surface area contributed by atoms with Crippen LogP contribution in [-0.4, -0.2) is 45.9 Å². The summed E-state index contributed by atoms with van der Waals surface area (Å²) in [6.07, 6.45) is -3.41. The maximum atomic E-state index is 12.9. The predicted molar refractivity (Wildman–Crippen MR) is 93.5 cm³/mol. The first-order valence-electron chi connectivity index (χ1n) is 8.77. The number of nitrogens with zero attached hydrogens (tertiary/aromatic N) is 3. The molecule has 2 aliphatic rings. The number of likely N-dealkylation sites (tertiary alicyclic amines) is 1. The molecule has 0 radical (unpaired) electrons. The molecule has 2 heterocycles. The Morgan fingerprint density at radius 2 is 1.81 bits per heavy atom. The van der Waals surface area contributed by atoms with E-state index in [0.717, 1.165) is 18.9 Å². The van der Waals surface area contributed by atoms with Crippen molar-refractivity contribution in [3.8, 4) is 0 Å². The number of fused-ring (bicyclic) bond motifs is 1. The number of hydrogen-bond donors (Lipinski definition) is 1. The molecule has 1 aliphatic carbocycles. The van der Waals surface area contributed by atoms with Crippen LogP contribution >= 0.6 is 11.6 Å². The van der Waals surface area contributed by atoms with Crippen LogP contribution in [0.3, 0.4) is 0 Å². The number of carbonyl (C=O) groups excluding carboxylic acids is 1. The van der Waals surface area contributed by atoms with E-state index >= 15 is 0 Å². The third-order valence-electron chi connectivity index (χ3n) is 4.81. The van der Waals surface area contributed by atoms with Crippen LogP contribution in [0.4, 0.5) is 23.8 Å². The van der Waals surface area contributed by atoms with Crippen LogP contribution in [0, 0.1) is 11.8 Å². The minimum atomic E-state index is -4.58. The maximum Gasteiger partial charge on any atom is 0.419 e. The summed E-state index contributed by atoms with van der Waals surface area (Å²) < 4.78 is 44.2. The minimum absolute atomic E-state index is 0.0163. The van der Waals surface area contributed by atoms with Gasteiger partial charge in [-0.3, -0.25) is 0 Å². The Hall–Kier alpha value is -1.77. The molecule has 3 atom stereocenters. The van der Waals surface area contributed by atoms with E-state index < -0.39 is 22.5 Å². The molecule has 1 aliphatic heterocycles. The number of aromatic nitrogens is 2. The summed E-state index contributed by atoms with van der Waals surface area (Å²) in [6.45, 7) is 6.66. The van der Waals surface area contributed by atoms with Crippen LogP contribution in [0.5, 0.6) is 0 Å². The molecule has 2 fully saturated rings. The molecule has 150 valence electrons. The molecule has 0 aromatic carbocycles. The van der Waals surface area contributed by atoms with Crippen molar-refractivity contribution in [2.24, 2.45) is 11.8 Å². The number of anilines is 1. The first-order valence-corrected chi connectivity index (χ1v) is 9.15. The summed E-state index contributed by atoms with van der Waals surface area (Å²) in [5.41, 5.74) is -1.54. The van der Waals surface area contributed by atoms with E-state index in [1.807, 2.05) is 20.8 Å². The fourth-order valence-corrected chi connectivity index (χ4v) is 3.95. The molecule has 1 saturated carbocycles. The van der Waals surface area contributed by atoms with Crippen molar-refractivity contribution in [1.29, 1.82) is 0 Å². The number of alkyl halides is 3. The zero-order valence-corrected chi connectivity index (χ0v) is 16.1. The van der Waals surface area contributed by atoms with Crippen molar-refractivity contribution >= 4 is 23.5 Å². The number of amides is 1. The molecule has 0 bridgehead atoms. The summed E-state index contributed by atoms with van der Waals surface area (Å²) >= 11 is 5.50. The van der Waals surface area contributed by atoms with Crippen LogP contribution in [0.25, 0.3) is 0 Å². The normalized spacial score (nSPS) is 25.4. The molecule has 3 rings (SSSR count). The quantitative estimate of drug-likeness (QED) is 0.797. The number of rotatable bonds is 2. The fourth-order valence-electron chi connectivity index (χ4n) is 3.75. The number of carbonyl (C=O) groups is 1. The first kappa shape index (κ1) is 20.0. The number of ether oxygens (including phenoxy) is 1. The number of halogens is 4. The Morgan fingerprint density at radius 3 is 2.33 bits per heavy atom. The number of hydrogen-bond acceptors (Lipinski definition) is 5. The predicted octanol–water partition coefficient (Wildman–Crippen LogP) is 4.21. The van der Waals surface area contributed by atoms with Gasteiger partial charge in [0.1, 0.15) is 11.4 Å². The van der Waals surface area contributed by atoms with Crippen LogP contribution in [0.2, 0.25) is 5.15 Å². The Morgan fingerprint density at radius 1 is 1.22 bits per heavy atom. The van der Waals surface area contributed by atoms with Gasteiger partial charge in [0.15, 0.2) is 5.15 Å². The van der Waals surface area contributed by atoms with E-state index in [-0.39, 0.29) is 29.8 Å². The van der Waals surface area contributed by atoms with E-state index in [4.69, 9.17) is 16.3 Å². The molecule has 10 heteroatoms. The van der Waals surface area contributed by atoms with Crippen LogP contribution in [-0.2, 0) is 10.9 Å². The monoisotopic (exact) mass is 406 g/mol. The molecule has 0 unspecified atom stereocenters. The van der Waals surface area contributed by atoms with Gasteiger partial charge in [0.2, 0.25) is 0 Å². The zero-order chi connectivity index (χ0) is 20.0.